The van der Waals surface area contributed by atoms with Gasteiger partial charge in [0.1, 0.15) is 5.75 Å². The van der Waals surface area contributed by atoms with E-state index < -0.39 is 0 Å². The molecular weight excluding hydrogens is 284 g/mol. The summed E-state index contributed by atoms with van der Waals surface area (Å²) in [6.07, 6.45) is 8.15. The standard InChI is InChI=1S/C20H23N2O/c1-3-11-22-19-9-7-18(23-2)13-15(19)5-8-20(22)16-4-6-17-10-12-21(17)14-16/h3,5,7-9,13-14,17H,1,4,6,10-12H2,2H3/q+1. The number of benzene rings is 1. The van der Waals surface area contributed by atoms with Crippen molar-refractivity contribution in [1.29, 1.82) is 0 Å². The highest BCUT2D eigenvalue weighted by Gasteiger charge is 2.31. The fourth-order valence-electron chi connectivity index (χ4n) is 3.76. The molecule has 1 unspecified atom stereocenters. The molecule has 0 bridgehead atoms. The third-order valence-electron chi connectivity index (χ3n) is 5.14. The summed E-state index contributed by atoms with van der Waals surface area (Å²) in [7, 11) is 1.71. The Bertz CT molecular complexity index is 794. The van der Waals surface area contributed by atoms with E-state index in [9.17, 15) is 0 Å². The molecule has 118 valence electrons. The van der Waals surface area contributed by atoms with Crippen molar-refractivity contribution in [2.45, 2.75) is 31.8 Å². The predicted octanol–water partition coefficient (Wildman–Crippen LogP) is 3.53. The molecule has 0 amide bonds. The Morgan fingerprint density at radius 3 is 2.91 bits per heavy atom. The van der Waals surface area contributed by atoms with Crippen LogP contribution >= 0.6 is 0 Å². The van der Waals surface area contributed by atoms with E-state index in [1.54, 1.807) is 7.11 Å². The second-order valence-corrected chi connectivity index (χ2v) is 6.42. The largest absolute Gasteiger partial charge is 0.497 e. The molecule has 1 saturated heterocycles. The third kappa shape index (κ3) is 2.40. The summed E-state index contributed by atoms with van der Waals surface area (Å²) in [5.74, 6) is 0.899. The van der Waals surface area contributed by atoms with Crippen LogP contribution in [-0.4, -0.2) is 24.6 Å². The van der Waals surface area contributed by atoms with Crippen LogP contribution in [0.2, 0.25) is 0 Å². The average Bonchev–Trinajstić information content (AvgIpc) is 2.56. The van der Waals surface area contributed by atoms with Gasteiger partial charge in [-0.2, -0.15) is 4.57 Å². The molecule has 3 nitrogen and oxygen atoms in total. The molecule has 0 N–H and O–H groups in total. The minimum Gasteiger partial charge on any atom is -0.497 e. The van der Waals surface area contributed by atoms with E-state index in [0.29, 0.717) is 0 Å². The van der Waals surface area contributed by atoms with Crippen molar-refractivity contribution in [3.05, 3.63) is 54.9 Å². The maximum atomic E-state index is 5.35. The van der Waals surface area contributed by atoms with E-state index in [1.165, 1.54) is 48.0 Å². The molecular formula is C20H23N2O+. The van der Waals surface area contributed by atoms with Crippen LogP contribution < -0.4 is 9.30 Å². The highest BCUT2D eigenvalue weighted by atomic mass is 16.5. The molecule has 1 atom stereocenters. The van der Waals surface area contributed by atoms with Crippen LogP contribution in [-0.2, 0) is 6.54 Å². The van der Waals surface area contributed by atoms with Crippen LogP contribution in [0.4, 0.5) is 0 Å². The van der Waals surface area contributed by atoms with E-state index in [0.717, 1.165) is 18.3 Å². The molecule has 1 aromatic carbocycles. The first-order valence-corrected chi connectivity index (χ1v) is 8.38. The topological polar surface area (TPSA) is 16.4 Å². The molecule has 0 spiro atoms. The number of rotatable bonds is 4. The molecule has 0 saturated carbocycles. The van der Waals surface area contributed by atoms with E-state index in [1.807, 2.05) is 12.1 Å². The summed E-state index contributed by atoms with van der Waals surface area (Å²) in [5, 5.41) is 1.20. The minimum atomic E-state index is 0.788. The molecule has 2 aliphatic rings. The summed E-state index contributed by atoms with van der Waals surface area (Å²) >= 11 is 0. The van der Waals surface area contributed by atoms with Crippen LogP contribution in [0.15, 0.2) is 49.2 Å². The Morgan fingerprint density at radius 2 is 2.22 bits per heavy atom. The third-order valence-corrected chi connectivity index (χ3v) is 5.14. The highest BCUT2D eigenvalue weighted by molar-refractivity contribution is 5.79. The van der Waals surface area contributed by atoms with Gasteiger partial charge in [0.05, 0.1) is 12.5 Å². The molecule has 3 heteroatoms. The lowest BCUT2D eigenvalue weighted by atomic mass is 9.90. The Hall–Kier alpha value is -2.29. The monoisotopic (exact) mass is 307 g/mol. The van der Waals surface area contributed by atoms with Gasteiger partial charge in [0.2, 0.25) is 11.2 Å². The first-order valence-electron chi connectivity index (χ1n) is 8.38. The number of allylic oxidation sites excluding steroid dienone is 2. The average molecular weight is 307 g/mol. The molecule has 2 aliphatic heterocycles. The Morgan fingerprint density at radius 1 is 1.30 bits per heavy atom. The van der Waals surface area contributed by atoms with Gasteiger partial charge in [0.15, 0.2) is 6.54 Å². The van der Waals surface area contributed by atoms with Gasteiger partial charge in [-0.05, 0) is 43.5 Å². The van der Waals surface area contributed by atoms with Crippen molar-refractivity contribution in [3.8, 4) is 5.75 Å². The van der Waals surface area contributed by atoms with Gasteiger partial charge in [0, 0.05) is 36.5 Å². The lowest BCUT2D eigenvalue weighted by Gasteiger charge is -2.43. The number of pyridine rings is 1. The van der Waals surface area contributed by atoms with Crippen LogP contribution in [0, 0.1) is 0 Å². The van der Waals surface area contributed by atoms with Crippen molar-refractivity contribution >= 4 is 16.5 Å². The number of fused-ring (bicyclic) bond motifs is 2. The summed E-state index contributed by atoms with van der Waals surface area (Å²) in [6.45, 7) is 5.97. The molecule has 23 heavy (non-hydrogen) atoms. The SMILES string of the molecule is C=CC[n+]1c(C2=CN3CCC3CC2)ccc2cc(OC)ccc21. The number of ether oxygens (including phenoxy) is 1. The van der Waals surface area contributed by atoms with Crippen LogP contribution in [0.1, 0.15) is 25.0 Å². The molecule has 0 radical (unpaired) electrons. The van der Waals surface area contributed by atoms with Crippen molar-refractivity contribution < 1.29 is 9.30 Å². The van der Waals surface area contributed by atoms with Gasteiger partial charge in [-0.15, -0.1) is 0 Å². The number of hydrogen-bond donors (Lipinski definition) is 0. The maximum Gasteiger partial charge on any atom is 0.213 e. The van der Waals surface area contributed by atoms with Gasteiger partial charge >= 0.3 is 0 Å². The van der Waals surface area contributed by atoms with E-state index >= 15 is 0 Å². The van der Waals surface area contributed by atoms with E-state index in [-0.39, 0.29) is 0 Å². The Kier molecular flexibility index (Phi) is 3.56. The first kappa shape index (κ1) is 14.3. The minimum absolute atomic E-state index is 0.788. The van der Waals surface area contributed by atoms with Gasteiger partial charge < -0.3 is 9.64 Å². The van der Waals surface area contributed by atoms with Crippen LogP contribution in [0.25, 0.3) is 16.5 Å². The number of aromatic nitrogens is 1. The van der Waals surface area contributed by atoms with E-state index in [2.05, 4.69) is 46.5 Å². The number of nitrogens with zero attached hydrogens (tertiary/aromatic N) is 2. The number of methoxy groups -OCH3 is 1. The second-order valence-electron chi connectivity index (χ2n) is 6.42. The van der Waals surface area contributed by atoms with Gasteiger partial charge in [0.25, 0.3) is 0 Å². The fraction of sp³-hybridized carbons (Fsp3) is 0.350. The van der Waals surface area contributed by atoms with Crippen molar-refractivity contribution in [1.82, 2.24) is 4.90 Å². The zero-order chi connectivity index (χ0) is 15.8. The summed E-state index contributed by atoms with van der Waals surface area (Å²) in [6, 6.07) is 11.5. The summed E-state index contributed by atoms with van der Waals surface area (Å²) in [5.41, 5.74) is 3.99. The zero-order valence-electron chi connectivity index (χ0n) is 13.7. The molecule has 3 heterocycles. The maximum absolute atomic E-state index is 5.35. The summed E-state index contributed by atoms with van der Waals surface area (Å²) in [4.78, 5) is 2.50. The molecule has 0 aliphatic carbocycles. The lowest BCUT2D eigenvalue weighted by Crippen LogP contribution is -2.46. The van der Waals surface area contributed by atoms with E-state index in [4.69, 9.17) is 4.74 Å². The Labute approximate surface area is 137 Å². The quantitative estimate of drug-likeness (QED) is 0.634. The molecule has 2 aromatic rings. The first-order chi connectivity index (χ1) is 11.3. The molecule has 1 fully saturated rings. The van der Waals surface area contributed by atoms with Crippen molar-refractivity contribution in [2.75, 3.05) is 13.7 Å². The highest BCUT2D eigenvalue weighted by Crippen LogP contribution is 2.34. The lowest BCUT2D eigenvalue weighted by molar-refractivity contribution is -0.663. The molecule has 4 rings (SSSR count). The summed E-state index contributed by atoms with van der Waals surface area (Å²) < 4.78 is 7.72. The van der Waals surface area contributed by atoms with Crippen molar-refractivity contribution in [3.63, 3.8) is 0 Å². The Balaban J connectivity index is 1.84. The van der Waals surface area contributed by atoms with Gasteiger partial charge in [-0.3, -0.25) is 0 Å². The number of hydrogen-bond acceptors (Lipinski definition) is 2. The second kappa shape index (κ2) is 5.73. The van der Waals surface area contributed by atoms with Gasteiger partial charge in [-0.1, -0.05) is 6.58 Å². The molecule has 1 aromatic heterocycles. The fourth-order valence-corrected chi connectivity index (χ4v) is 3.76. The van der Waals surface area contributed by atoms with Crippen LogP contribution in [0.5, 0.6) is 5.75 Å². The smallest absolute Gasteiger partial charge is 0.213 e. The zero-order valence-corrected chi connectivity index (χ0v) is 13.7. The van der Waals surface area contributed by atoms with Crippen molar-refractivity contribution in [2.24, 2.45) is 0 Å². The van der Waals surface area contributed by atoms with Crippen LogP contribution in [0.3, 0.4) is 0 Å². The van der Waals surface area contributed by atoms with Gasteiger partial charge in [-0.25, -0.2) is 0 Å². The predicted molar refractivity (Wildman–Crippen MR) is 93.2 cm³/mol. The normalized spacial score (nSPS) is 19.8.